The molecule has 2 rings (SSSR count). The predicted octanol–water partition coefficient (Wildman–Crippen LogP) is 5.23. The van der Waals surface area contributed by atoms with Crippen molar-refractivity contribution in [1.82, 2.24) is 0 Å². The summed E-state index contributed by atoms with van der Waals surface area (Å²) in [4.78, 5) is 1.41. The van der Waals surface area contributed by atoms with Gasteiger partial charge in [-0.1, -0.05) is 20.8 Å². The number of halogens is 1. The lowest BCUT2D eigenvalue weighted by Gasteiger charge is -2.38. The van der Waals surface area contributed by atoms with E-state index in [0.29, 0.717) is 11.5 Å². The average molecular weight is 344 g/mol. The van der Waals surface area contributed by atoms with Gasteiger partial charge in [-0.25, -0.2) is 0 Å². The van der Waals surface area contributed by atoms with Crippen LogP contribution in [0.2, 0.25) is 0 Å². The Balaban J connectivity index is 1.84. The first kappa shape index (κ1) is 15.5. The zero-order chi connectivity index (χ0) is 14.0. The van der Waals surface area contributed by atoms with Crippen LogP contribution in [0.25, 0.3) is 0 Å². The van der Waals surface area contributed by atoms with E-state index in [1.54, 1.807) is 0 Å². The Morgan fingerprint density at radius 2 is 1.89 bits per heavy atom. The van der Waals surface area contributed by atoms with Crippen LogP contribution in [0, 0.1) is 17.3 Å². The molecule has 0 aromatic carbocycles. The van der Waals surface area contributed by atoms with E-state index in [2.05, 4.69) is 48.8 Å². The number of hydrogen-bond donors (Lipinski definition) is 1. The SMILES string of the molecule is CC(C)(C)C1CCC(C(N)Cc2ccc(Br)s2)CC1. The Morgan fingerprint density at radius 1 is 1.26 bits per heavy atom. The van der Waals surface area contributed by atoms with Crippen LogP contribution < -0.4 is 5.73 Å². The molecule has 1 aliphatic rings. The van der Waals surface area contributed by atoms with E-state index in [4.69, 9.17) is 5.73 Å². The summed E-state index contributed by atoms with van der Waals surface area (Å²) >= 11 is 5.35. The molecule has 1 heterocycles. The standard InChI is InChI=1S/C16H26BrNS/c1-16(2,3)12-6-4-11(5-7-12)14(18)10-13-8-9-15(17)19-13/h8-9,11-12,14H,4-7,10,18H2,1-3H3. The van der Waals surface area contributed by atoms with Gasteiger partial charge in [0, 0.05) is 10.9 Å². The van der Waals surface area contributed by atoms with Crippen molar-refractivity contribution in [2.75, 3.05) is 0 Å². The van der Waals surface area contributed by atoms with E-state index < -0.39 is 0 Å². The van der Waals surface area contributed by atoms with Crippen LogP contribution in [-0.2, 0) is 6.42 Å². The van der Waals surface area contributed by atoms with Crippen LogP contribution in [-0.4, -0.2) is 6.04 Å². The number of thiophene rings is 1. The minimum Gasteiger partial charge on any atom is -0.327 e. The number of rotatable bonds is 3. The number of nitrogens with two attached hydrogens (primary N) is 1. The zero-order valence-electron chi connectivity index (χ0n) is 12.3. The fourth-order valence-electron chi connectivity index (χ4n) is 3.27. The van der Waals surface area contributed by atoms with Gasteiger partial charge in [0.05, 0.1) is 3.79 Å². The summed E-state index contributed by atoms with van der Waals surface area (Å²) in [5.41, 5.74) is 6.90. The van der Waals surface area contributed by atoms with Crippen LogP contribution in [0.1, 0.15) is 51.3 Å². The van der Waals surface area contributed by atoms with Crippen LogP contribution >= 0.6 is 27.3 Å². The van der Waals surface area contributed by atoms with Crippen molar-refractivity contribution in [2.45, 2.75) is 58.9 Å². The second-order valence-corrected chi connectivity index (χ2v) is 9.60. The molecule has 3 heteroatoms. The summed E-state index contributed by atoms with van der Waals surface area (Å²) in [5, 5.41) is 0. The first-order valence-electron chi connectivity index (χ1n) is 7.36. The molecule has 19 heavy (non-hydrogen) atoms. The van der Waals surface area contributed by atoms with E-state index in [1.165, 1.54) is 34.3 Å². The topological polar surface area (TPSA) is 26.0 Å². The molecule has 1 atom stereocenters. The highest BCUT2D eigenvalue weighted by molar-refractivity contribution is 9.11. The summed E-state index contributed by atoms with van der Waals surface area (Å²) < 4.78 is 1.21. The second-order valence-electron chi connectivity index (χ2n) is 7.05. The van der Waals surface area contributed by atoms with Gasteiger partial charge < -0.3 is 5.73 Å². The van der Waals surface area contributed by atoms with Crippen molar-refractivity contribution in [3.05, 3.63) is 20.8 Å². The summed E-state index contributed by atoms with van der Waals surface area (Å²) in [6.07, 6.45) is 6.39. The molecule has 0 radical (unpaired) electrons. The Hall–Kier alpha value is 0.140. The summed E-state index contributed by atoms with van der Waals surface area (Å²) in [5.74, 6) is 1.60. The van der Waals surface area contributed by atoms with E-state index in [-0.39, 0.29) is 0 Å². The zero-order valence-corrected chi connectivity index (χ0v) is 14.7. The molecule has 1 unspecified atom stereocenters. The molecular formula is C16H26BrNS. The molecule has 1 fully saturated rings. The minimum atomic E-state index is 0.339. The van der Waals surface area contributed by atoms with Gasteiger partial charge in [-0.15, -0.1) is 11.3 Å². The van der Waals surface area contributed by atoms with Gasteiger partial charge in [0.1, 0.15) is 0 Å². The van der Waals surface area contributed by atoms with Crippen LogP contribution in [0.15, 0.2) is 15.9 Å². The molecule has 1 saturated carbocycles. The van der Waals surface area contributed by atoms with Gasteiger partial charge in [0.2, 0.25) is 0 Å². The Morgan fingerprint density at radius 3 is 2.37 bits per heavy atom. The molecule has 1 aliphatic carbocycles. The maximum absolute atomic E-state index is 6.44. The van der Waals surface area contributed by atoms with Gasteiger partial charge in [-0.2, -0.15) is 0 Å². The van der Waals surface area contributed by atoms with Gasteiger partial charge in [0.15, 0.2) is 0 Å². The van der Waals surface area contributed by atoms with Gasteiger partial charge >= 0.3 is 0 Å². The molecule has 1 aromatic heterocycles. The summed E-state index contributed by atoms with van der Waals surface area (Å²) in [6.45, 7) is 7.13. The highest BCUT2D eigenvalue weighted by atomic mass is 79.9. The third kappa shape index (κ3) is 4.30. The van der Waals surface area contributed by atoms with Gasteiger partial charge in [-0.3, -0.25) is 0 Å². The average Bonchev–Trinajstić information content (AvgIpc) is 2.74. The maximum atomic E-state index is 6.44. The summed E-state index contributed by atoms with van der Waals surface area (Å²) in [7, 11) is 0. The smallest absolute Gasteiger partial charge is 0.0701 e. The number of hydrogen-bond acceptors (Lipinski definition) is 2. The Bertz CT molecular complexity index is 399. The fraction of sp³-hybridized carbons (Fsp3) is 0.750. The molecular weight excluding hydrogens is 318 g/mol. The minimum absolute atomic E-state index is 0.339. The monoisotopic (exact) mass is 343 g/mol. The lowest BCUT2D eigenvalue weighted by molar-refractivity contribution is 0.139. The quantitative estimate of drug-likeness (QED) is 0.798. The molecule has 0 saturated heterocycles. The second kappa shape index (κ2) is 6.28. The van der Waals surface area contributed by atoms with Crippen LogP contribution in [0.5, 0.6) is 0 Å². The lowest BCUT2D eigenvalue weighted by atomic mass is 9.68. The lowest BCUT2D eigenvalue weighted by Crippen LogP contribution is -2.36. The molecule has 0 spiro atoms. The molecule has 108 valence electrons. The first-order chi connectivity index (χ1) is 8.86. The van der Waals surface area contributed by atoms with Crippen molar-refractivity contribution < 1.29 is 0 Å². The summed E-state index contributed by atoms with van der Waals surface area (Å²) in [6, 6.07) is 4.67. The highest BCUT2D eigenvalue weighted by Gasteiger charge is 2.31. The van der Waals surface area contributed by atoms with Gasteiger partial charge in [0.25, 0.3) is 0 Å². The molecule has 0 aliphatic heterocycles. The van der Waals surface area contributed by atoms with Crippen molar-refractivity contribution in [3.63, 3.8) is 0 Å². The Kier molecular flexibility index (Phi) is 5.13. The normalized spacial score (nSPS) is 26.4. The largest absolute Gasteiger partial charge is 0.327 e. The van der Waals surface area contributed by atoms with E-state index in [1.807, 2.05) is 11.3 Å². The first-order valence-corrected chi connectivity index (χ1v) is 8.97. The van der Waals surface area contributed by atoms with E-state index in [9.17, 15) is 0 Å². The highest BCUT2D eigenvalue weighted by Crippen LogP contribution is 2.40. The van der Waals surface area contributed by atoms with Crippen molar-refractivity contribution in [1.29, 1.82) is 0 Å². The van der Waals surface area contributed by atoms with E-state index >= 15 is 0 Å². The van der Waals surface area contributed by atoms with Crippen molar-refractivity contribution >= 4 is 27.3 Å². The third-order valence-corrected chi connectivity index (χ3v) is 6.31. The van der Waals surface area contributed by atoms with Crippen molar-refractivity contribution in [2.24, 2.45) is 23.0 Å². The molecule has 0 bridgehead atoms. The Labute approximate surface area is 130 Å². The van der Waals surface area contributed by atoms with Crippen LogP contribution in [0.4, 0.5) is 0 Å². The van der Waals surface area contributed by atoms with E-state index in [0.717, 1.165) is 18.3 Å². The maximum Gasteiger partial charge on any atom is 0.0701 e. The fourth-order valence-corrected chi connectivity index (χ4v) is 4.83. The molecule has 1 nitrogen and oxygen atoms in total. The molecule has 2 N–H and O–H groups in total. The predicted molar refractivity (Wildman–Crippen MR) is 88.6 cm³/mol. The van der Waals surface area contributed by atoms with Crippen LogP contribution in [0.3, 0.4) is 0 Å². The molecule has 0 amide bonds. The van der Waals surface area contributed by atoms with Crippen molar-refractivity contribution in [3.8, 4) is 0 Å². The molecule has 1 aromatic rings. The van der Waals surface area contributed by atoms with Gasteiger partial charge in [-0.05, 0) is 77.4 Å². The third-order valence-electron chi connectivity index (χ3n) is 4.67.